The Morgan fingerprint density at radius 1 is 1.29 bits per heavy atom. The molecule has 1 aliphatic carbocycles. The number of rotatable bonds is 4. The van der Waals surface area contributed by atoms with E-state index in [1.807, 2.05) is 0 Å². The lowest BCUT2D eigenvalue weighted by Gasteiger charge is -2.39. The zero-order chi connectivity index (χ0) is 15.7. The smallest absolute Gasteiger partial charge is 0.221 e. The zero-order valence-corrected chi connectivity index (χ0v) is 14.2. The molecular formula is C15H26N2O3S. The molecule has 0 spiro atoms. The number of hydrogen-bond acceptors (Lipinski definition) is 4. The molecule has 120 valence electrons. The van der Waals surface area contributed by atoms with E-state index in [1.165, 1.54) is 10.5 Å². The molecular weight excluding hydrogens is 288 g/mol. The molecule has 0 radical (unpaired) electrons. The monoisotopic (exact) mass is 314 g/mol. The van der Waals surface area contributed by atoms with Crippen molar-refractivity contribution in [1.29, 1.82) is 0 Å². The highest BCUT2D eigenvalue weighted by atomic mass is 32.2. The highest BCUT2D eigenvalue weighted by Crippen LogP contribution is 2.39. The van der Waals surface area contributed by atoms with E-state index in [4.69, 9.17) is 4.52 Å². The molecule has 1 saturated carbocycles. The zero-order valence-electron chi connectivity index (χ0n) is 13.4. The second kappa shape index (κ2) is 6.08. The second-order valence-corrected chi connectivity index (χ2v) is 9.15. The summed E-state index contributed by atoms with van der Waals surface area (Å²) in [6.45, 7) is 6.80. The summed E-state index contributed by atoms with van der Waals surface area (Å²) < 4.78 is 31.3. The minimum absolute atomic E-state index is 0.108. The van der Waals surface area contributed by atoms with Crippen LogP contribution in [-0.4, -0.2) is 31.0 Å². The third-order valence-electron chi connectivity index (χ3n) is 4.69. The van der Waals surface area contributed by atoms with Gasteiger partial charge in [0, 0.05) is 19.2 Å². The lowest BCUT2D eigenvalue weighted by atomic mass is 9.71. The molecule has 0 aromatic carbocycles. The van der Waals surface area contributed by atoms with E-state index in [1.54, 1.807) is 13.1 Å². The van der Waals surface area contributed by atoms with Crippen LogP contribution in [0.5, 0.6) is 0 Å². The molecule has 1 fully saturated rings. The van der Waals surface area contributed by atoms with Gasteiger partial charge in [-0.15, -0.1) is 0 Å². The predicted molar refractivity (Wildman–Crippen MR) is 82.1 cm³/mol. The topological polar surface area (TPSA) is 63.4 Å². The van der Waals surface area contributed by atoms with Gasteiger partial charge in [0.15, 0.2) is 5.76 Å². The van der Waals surface area contributed by atoms with E-state index in [9.17, 15) is 8.42 Å². The fourth-order valence-corrected chi connectivity index (χ4v) is 4.51. The molecule has 1 aromatic heterocycles. The standard InChI is InChI=1S/C15H26N2O3S/c1-15(2,3)12-5-7-13(8-6-12)17(4)21(18,19)11-14-9-10-16-20-14/h9-10,12-13H,5-8,11H2,1-4H3. The van der Waals surface area contributed by atoms with Crippen molar-refractivity contribution < 1.29 is 12.9 Å². The number of hydrogen-bond donors (Lipinski definition) is 0. The normalized spacial score (nSPS) is 24.4. The lowest BCUT2D eigenvalue weighted by Crippen LogP contribution is -2.41. The summed E-state index contributed by atoms with van der Waals surface area (Å²) in [6, 6.07) is 1.71. The van der Waals surface area contributed by atoms with E-state index >= 15 is 0 Å². The minimum atomic E-state index is -3.34. The Morgan fingerprint density at radius 3 is 2.38 bits per heavy atom. The van der Waals surface area contributed by atoms with E-state index < -0.39 is 10.0 Å². The van der Waals surface area contributed by atoms with Gasteiger partial charge in [0.1, 0.15) is 5.75 Å². The molecule has 1 aliphatic rings. The summed E-state index contributed by atoms with van der Waals surface area (Å²) in [5, 5.41) is 3.56. The molecule has 0 saturated heterocycles. The van der Waals surface area contributed by atoms with Crippen molar-refractivity contribution in [3.63, 3.8) is 0 Å². The Kier molecular flexibility index (Phi) is 4.78. The summed E-state index contributed by atoms with van der Waals surface area (Å²) in [7, 11) is -1.65. The first-order valence-corrected chi connectivity index (χ1v) is 9.16. The molecule has 5 nitrogen and oxygen atoms in total. The van der Waals surface area contributed by atoms with Crippen LogP contribution in [0, 0.1) is 11.3 Å². The summed E-state index contributed by atoms with van der Waals surface area (Å²) in [5.74, 6) is 0.965. The molecule has 0 atom stereocenters. The first-order valence-electron chi connectivity index (χ1n) is 7.55. The molecule has 0 bridgehead atoms. The average Bonchev–Trinajstić information content (AvgIpc) is 2.89. The fraction of sp³-hybridized carbons (Fsp3) is 0.800. The molecule has 6 heteroatoms. The Hall–Kier alpha value is -0.880. The van der Waals surface area contributed by atoms with Gasteiger partial charge in [0.2, 0.25) is 10.0 Å². The maximum atomic E-state index is 12.4. The van der Waals surface area contributed by atoms with E-state index in [-0.39, 0.29) is 11.8 Å². The lowest BCUT2D eigenvalue weighted by molar-refractivity contribution is 0.141. The quantitative estimate of drug-likeness (QED) is 0.857. The third kappa shape index (κ3) is 4.07. The van der Waals surface area contributed by atoms with E-state index in [2.05, 4.69) is 25.9 Å². The summed E-state index contributed by atoms with van der Waals surface area (Å²) in [6.07, 6.45) is 5.54. The maximum Gasteiger partial charge on any atom is 0.221 e. The van der Waals surface area contributed by atoms with Gasteiger partial charge in [-0.05, 0) is 37.0 Å². The Labute approximate surface area is 127 Å². The van der Waals surface area contributed by atoms with Crippen LogP contribution in [0.2, 0.25) is 0 Å². The van der Waals surface area contributed by atoms with Gasteiger partial charge in [-0.1, -0.05) is 25.9 Å². The van der Waals surface area contributed by atoms with Crippen molar-refractivity contribution in [2.75, 3.05) is 7.05 Å². The Morgan fingerprint density at radius 2 is 1.90 bits per heavy atom. The number of nitrogens with zero attached hydrogens (tertiary/aromatic N) is 2. The molecule has 0 aliphatic heterocycles. The molecule has 0 amide bonds. The first kappa shape index (κ1) is 16.5. The van der Waals surface area contributed by atoms with Gasteiger partial charge in [-0.2, -0.15) is 0 Å². The Bertz CT molecular complexity index is 538. The van der Waals surface area contributed by atoms with Gasteiger partial charge < -0.3 is 4.52 Å². The SMILES string of the molecule is CN(C1CCC(C(C)(C)C)CC1)S(=O)(=O)Cc1ccno1. The van der Waals surface area contributed by atoms with Crippen LogP contribution >= 0.6 is 0 Å². The average molecular weight is 314 g/mol. The fourth-order valence-electron chi connectivity index (χ4n) is 3.13. The first-order chi connectivity index (χ1) is 9.70. The van der Waals surface area contributed by atoms with E-state index in [0.717, 1.165) is 25.7 Å². The largest absolute Gasteiger partial charge is 0.360 e. The van der Waals surface area contributed by atoms with E-state index in [0.29, 0.717) is 17.1 Å². The minimum Gasteiger partial charge on any atom is -0.360 e. The van der Waals surface area contributed by atoms with Crippen molar-refractivity contribution in [3.05, 3.63) is 18.0 Å². The van der Waals surface area contributed by atoms with Gasteiger partial charge in [-0.3, -0.25) is 0 Å². The van der Waals surface area contributed by atoms with Gasteiger partial charge in [0.25, 0.3) is 0 Å². The maximum absolute atomic E-state index is 12.4. The predicted octanol–water partition coefficient (Wildman–Crippen LogP) is 3.04. The molecule has 2 rings (SSSR count). The van der Waals surface area contributed by atoms with Crippen molar-refractivity contribution >= 4 is 10.0 Å². The van der Waals surface area contributed by atoms with Gasteiger partial charge in [-0.25, -0.2) is 12.7 Å². The van der Waals surface area contributed by atoms with Crippen molar-refractivity contribution in [2.45, 2.75) is 58.2 Å². The molecule has 1 heterocycles. The van der Waals surface area contributed by atoms with Crippen molar-refractivity contribution in [2.24, 2.45) is 11.3 Å². The number of sulfonamides is 1. The van der Waals surface area contributed by atoms with Crippen LogP contribution in [0.3, 0.4) is 0 Å². The molecule has 0 N–H and O–H groups in total. The Balaban J connectivity index is 1.96. The van der Waals surface area contributed by atoms with Crippen LogP contribution in [0.4, 0.5) is 0 Å². The number of aromatic nitrogens is 1. The van der Waals surface area contributed by atoms with Crippen molar-refractivity contribution in [1.82, 2.24) is 9.46 Å². The van der Waals surface area contributed by atoms with Crippen LogP contribution in [0.25, 0.3) is 0 Å². The molecule has 21 heavy (non-hydrogen) atoms. The second-order valence-electron chi connectivity index (χ2n) is 7.12. The highest BCUT2D eigenvalue weighted by molar-refractivity contribution is 7.88. The van der Waals surface area contributed by atoms with Gasteiger partial charge >= 0.3 is 0 Å². The van der Waals surface area contributed by atoms with Crippen LogP contribution in [0.15, 0.2) is 16.8 Å². The molecule has 1 aromatic rings. The molecule has 0 unspecified atom stereocenters. The summed E-state index contributed by atoms with van der Waals surface area (Å²) in [5.41, 5.74) is 0.308. The summed E-state index contributed by atoms with van der Waals surface area (Å²) in [4.78, 5) is 0. The third-order valence-corrected chi connectivity index (χ3v) is 6.52. The summed E-state index contributed by atoms with van der Waals surface area (Å²) >= 11 is 0. The van der Waals surface area contributed by atoms with Gasteiger partial charge in [0.05, 0.1) is 6.20 Å². The van der Waals surface area contributed by atoms with Crippen LogP contribution < -0.4 is 0 Å². The van der Waals surface area contributed by atoms with Crippen LogP contribution in [0.1, 0.15) is 52.2 Å². The van der Waals surface area contributed by atoms with Crippen LogP contribution in [-0.2, 0) is 15.8 Å². The highest BCUT2D eigenvalue weighted by Gasteiger charge is 2.34. The van der Waals surface area contributed by atoms with Crippen molar-refractivity contribution in [3.8, 4) is 0 Å².